The highest BCUT2D eigenvalue weighted by molar-refractivity contribution is 6.31. The topological polar surface area (TPSA) is 333 Å². The van der Waals surface area contributed by atoms with Crippen LogP contribution < -0.4 is 5.32 Å². The van der Waals surface area contributed by atoms with Gasteiger partial charge in [-0.15, -0.1) is 0 Å². The number of hydrogen-bond acceptors (Lipinski definition) is 16. The molecule has 648 valence electrons. The zero-order chi connectivity index (χ0) is 86.6. The number of carboxylic acids is 8. The van der Waals surface area contributed by atoms with E-state index in [1.807, 2.05) is 143 Å². The van der Waals surface area contributed by atoms with Crippen molar-refractivity contribution in [1.82, 2.24) is 39.6 Å². The predicted octanol–water partition coefficient (Wildman–Crippen LogP) is 14.7. The zero-order valence-electron chi connectivity index (χ0n) is 67.2. The van der Waals surface area contributed by atoms with Crippen molar-refractivity contribution < 1.29 is 92.4 Å². The molecule has 120 heavy (non-hydrogen) atoms. The van der Waals surface area contributed by atoms with E-state index >= 15 is 0 Å². The number of carboxylic acid groups (broad SMARTS) is 8. The summed E-state index contributed by atoms with van der Waals surface area (Å²) in [5.41, 5.74) is 6.71. The van der Waals surface area contributed by atoms with Gasteiger partial charge in [0.05, 0.1) is 0 Å². The van der Waals surface area contributed by atoms with E-state index in [-0.39, 0.29) is 53.7 Å². The summed E-state index contributed by atoms with van der Waals surface area (Å²) in [6.45, 7) is 10.8. The molecule has 7 aromatic carbocycles. The van der Waals surface area contributed by atoms with Crippen molar-refractivity contribution in [1.29, 1.82) is 0 Å². The first kappa shape index (κ1) is 96.1. The summed E-state index contributed by atoms with van der Waals surface area (Å²) >= 11 is 17.7. The summed E-state index contributed by atoms with van der Waals surface area (Å²) in [5, 5.41) is 76.7. The van der Waals surface area contributed by atoms with Gasteiger partial charge in [-0.1, -0.05) is 156 Å². The molecule has 9 N–H and O–H groups in total. The number of hydrogen-bond donors (Lipinski definition) is 9. The van der Waals surface area contributed by atoms with E-state index in [9.17, 15) is 51.5 Å². The highest BCUT2D eigenvalue weighted by Crippen LogP contribution is 2.29. The quantitative estimate of drug-likeness (QED) is 0.0304. The Morgan fingerprint density at radius 3 is 0.967 bits per heavy atom. The lowest BCUT2D eigenvalue weighted by molar-refractivity contribution is -0.143. The molecule has 7 aromatic rings. The molecule has 15 rings (SSSR count). The first-order chi connectivity index (χ1) is 57.6. The maximum Gasteiger partial charge on any atom is 0.320 e. The van der Waals surface area contributed by atoms with Gasteiger partial charge in [-0.05, 0) is 249 Å². The number of nitrogens with zero attached hydrogens (tertiary/aromatic N) is 7. The second kappa shape index (κ2) is 50.1. The van der Waals surface area contributed by atoms with Crippen molar-refractivity contribution in [2.75, 3.05) is 52.4 Å². The van der Waals surface area contributed by atoms with E-state index in [4.69, 9.17) is 75.7 Å². The van der Waals surface area contributed by atoms with Crippen molar-refractivity contribution >= 4 is 82.6 Å². The number of halogens is 6. The fourth-order valence-corrected chi connectivity index (χ4v) is 16.6. The standard InChI is InChI=1S/3C12H14ClNO2.3C12H14FNO2.C12H15NO2.C6H11NO2/c13-10-4-1-3-9(7-10)8-14-6-2-5-11(14)12(15)16;13-10-5-3-9(4-6-10)8-14-7-1-2-11(14)12(15)16;13-10-5-2-1-4-9(10)8-14-7-3-6-11(14)12(15)16;13-10-4-1-3-9(7-10)8-14-6-2-5-11(14)12(15)16;13-10-5-3-9(4-6-10)8-14-7-1-2-11(14)12(15)16;13-10-5-2-1-4-9(10)8-14-7-3-6-11(14)12(15)16;14-12(15)11-7-4-8-13(11)9-10-5-2-1-3-6-10;8-6(9)5-3-1-2-4-7-5/h1,3-4,7,11H,2,5-6,8H2,(H,15,16);3-6,11H,1-2,7-8H2,(H,15,16);1-2,4-5,11H,3,6-8H2,(H,15,16);1,3-4,7,11H,2,5-6,8H2,(H,15,16);3-6,11H,1-2,7-8H2,(H,15,16);1-2,4-5,11H,3,6-8H2,(H,15,16);1-3,5-6,11H,4,7-9H2,(H,14,15);5,7H,1-4H2,(H,8,9)/t7*11-;5-/m00000000/s1. The lowest BCUT2D eigenvalue weighted by atomic mass is 10.1. The monoisotopic (exact) mass is 1720 g/mol. The fraction of sp³-hybridized carbons (Fsp3) is 0.444. The average Bonchev–Trinajstić information content (AvgIpc) is 1.38. The minimum atomic E-state index is -0.811. The molecule has 0 unspecified atom stereocenters. The van der Waals surface area contributed by atoms with Gasteiger partial charge in [0.1, 0.15) is 65.8 Å². The molecule has 8 fully saturated rings. The van der Waals surface area contributed by atoms with Gasteiger partial charge in [-0.3, -0.25) is 72.7 Å². The second-order valence-electron chi connectivity index (χ2n) is 30.8. The predicted molar refractivity (Wildman–Crippen MR) is 451 cm³/mol. The van der Waals surface area contributed by atoms with E-state index in [1.54, 1.807) is 36.4 Å². The van der Waals surface area contributed by atoms with E-state index in [0.717, 1.165) is 177 Å². The number of likely N-dealkylation sites (tertiary alicyclic amines) is 7. The summed E-state index contributed by atoms with van der Waals surface area (Å²) in [6, 6.07) is 49.0. The highest BCUT2D eigenvalue weighted by atomic mass is 35.5. The Kier molecular flexibility index (Phi) is 40.2. The van der Waals surface area contributed by atoms with Gasteiger partial charge in [0.25, 0.3) is 0 Å². The third-order valence-electron chi connectivity index (χ3n) is 22.2. The normalized spacial score (nSPS) is 21.8. The van der Waals surface area contributed by atoms with Gasteiger partial charge >= 0.3 is 47.8 Å². The molecule has 8 atom stereocenters. The van der Waals surface area contributed by atoms with Crippen LogP contribution in [0.5, 0.6) is 0 Å². The maximum atomic E-state index is 13.4. The Labute approximate surface area is 713 Å². The number of aliphatic carboxylic acids is 8. The number of benzene rings is 7. The Balaban J connectivity index is 0.000000171. The number of carbonyl (C=O) groups is 8. The number of piperidine rings is 1. The first-order valence-electron chi connectivity index (χ1n) is 40.8. The molecular formula is C90H110Cl3F3N8O16. The SMILES string of the molecule is O=C(O)[C@@H]1CCCCN1.O=C(O)[C@@H]1CCCN1Cc1ccc(Cl)cc1.O=C(O)[C@@H]1CCCN1Cc1ccc(F)cc1.O=C(O)[C@@H]1CCCN1Cc1cccc(Cl)c1.O=C(O)[C@@H]1CCCN1Cc1cccc(F)c1.O=C(O)[C@@H]1CCCN1Cc1ccccc1.O=C(O)[C@@H]1CCCN1Cc1ccccc1Cl.O=C(O)[C@@H]1CCCN1Cc1ccccc1F. The van der Waals surface area contributed by atoms with Gasteiger partial charge in [-0.2, -0.15) is 0 Å². The van der Waals surface area contributed by atoms with Crippen LogP contribution in [0, 0.1) is 17.5 Å². The van der Waals surface area contributed by atoms with Crippen LogP contribution in [0.3, 0.4) is 0 Å². The van der Waals surface area contributed by atoms with Crippen LogP contribution in [0.2, 0.25) is 15.1 Å². The molecular weight excluding hydrogens is 1610 g/mol. The molecule has 8 saturated heterocycles. The number of rotatable bonds is 22. The fourth-order valence-electron chi connectivity index (χ4n) is 16.0. The van der Waals surface area contributed by atoms with E-state index < -0.39 is 59.8 Å². The molecule has 0 aromatic heterocycles. The van der Waals surface area contributed by atoms with Crippen LogP contribution in [0.1, 0.15) is 148 Å². The summed E-state index contributed by atoms with van der Waals surface area (Å²) in [4.78, 5) is 101. The molecule has 24 nitrogen and oxygen atoms in total. The van der Waals surface area contributed by atoms with Crippen LogP contribution in [0.25, 0.3) is 0 Å². The maximum absolute atomic E-state index is 13.4. The Hall–Kier alpha value is -9.36. The molecule has 0 bridgehead atoms. The third kappa shape index (κ3) is 31.9. The van der Waals surface area contributed by atoms with Crippen molar-refractivity contribution in [3.63, 3.8) is 0 Å². The molecule has 30 heteroatoms. The molecule has 0 saturated carbocycles. The van der Waals surface area contributed by atoms with Gasteiger partial charge < -0.3 is 46.2 Å². The first-order valence-corrected chi connectivity index (χ1v) is 42.0. The largest absolute Gasteiger partial charge is 0.480 e. The minimum Gasteiger partial charge on any atom is -0.480 e. The number of nitrogens with one attached hydrogen (secondary N) is 1. The van der Waals surface area contributed by atoms with Gasteiger partial charge in [0.15, 0.2) is 0 Å². The minimum absolute atomic E-state index is 0.264. The summed E-state index contributed by atoms with van der Waals surface area (Å²) in [6.07, 6.45) is 14.5. The van der Waals surface area contributed by atoms with Gasteiger partial charge in [0.2, 0.25) is 0 Å². The molecule has 8 aliphatic heterocycles. The van der Waals surface area contributed by atoms with E-state index in [2.05, 4.69) is 5.32 Å². The van der Waals surface area contributed by atoms with Crippen LogP contribution >= 0.6 is 34.8 Å². The molecule has 0 spiro atoms. The molecule has 8 aliphatic rings. The highest BCUT2D eigenvalue weighted by Gasteiger charge is 2.36. The Morgan fingerprint density at radius 2 is 0.617 bits per heavy atom. The van der Waals surface area contributed by atoms with Gasteiger partial charge in [0, 0.05) is 66.4 Å². The average molecular weight is 1720 g/mol. The zero-order valence-corrected chi connectivity index (χ0v) is 69.5. The summed E-state index contributed by atoms with van der Waals surface area (Å²) < 4.78 is 39.1. The lowest BCUT2D eigenvalue weighted by Gasteiger charge is -2.21. The molecule has 0 amide bonds. The Bertz CT molecular complexity index is 4180. The smallest absolute Gasteiger partial charge is 0.320 e. The van der Waals surface area contributed by atoms with E-state index in [1.165, 1.54) is 35.9 Å². The van der Waals surface area contributed by atoms with E-state index in [0.29, 0.717) is 79.2 Å². The molecule has 8 heterocycles. The van der Waals surface area contributed by atoms with Crippen molar-refractivity contribution in [3.8, 4) is 0 Å². The Morgan fingerprint density at radius 1 is 0.292 bits per heavy atom. The molecule has 0 aliphatic carbocycles. The summed E-state index contributed by atoms with van der Waals surface area (Å²) in [5.74, 6) is -6.74. The van der Waals surface area contributed by atoms with Crippen LogP contribution in [-0.2, 0) is 84.2 Å². The van der Waals surface area contributed by atoms with Crippen LogP contribution in [-0.4, -0.2) is 224 Å². The van der Waals surface area contributed by atoms with Crippen molar-refractivity contribution in [2.24, 2.45) is 0 Å². The third-order valence-corrected chi connectivity index (χ3v) is 23.0. The van der Waals surface area contributed by atoms with Crippen LogP contribution in [0.4, 0.5) is 13.2 Å². The lowest BCUT2D eigenvalue weighted by Crippen LogP contribution is -2.40. The molecule has 0 radical (unpaired) electrons. The van der Waals surface area contributed by atoms with Crippen LogP contribution in [0.15, 0.2) is 176 Å². The van der Waals surface area contributed by atoms with Gasteiger partial charge in [-0.25, -0.2) is 13.2 Å². The summed E-state index contributed by atoms with van der Waals surface area (Å²) in [7, 11) is 0. The van der Waals surface area contributed by atoms with Crippen molar-refractivity contribution in [2.45, 2.75) is 203 Å². The van der Waals surface area contributed by atoms with Crippen molar-refractivity contribution in [3.05, 3.63) is 247 Å². The second-order valence-corrected chi connectivity index (χ2v) is 32.1.